The van der Waals surface area contributed by atoms with Gasteiger partial charge in [-0.25, -0.2) is 8.78 Å². The molecule has 5 heteroatoms. The summed E-state index contributed by atoms with van der Waals surface area (Å²) in [5.41, 5.74) is 0.142. The predicted octanol–water partition coefficient (Wildman–Crippen LogP) is 1.60. The van der Waals surface area contributed by atoms with E-state index in [-0.39, 0.29) is 11.4 Å². The molecule has 0 bridgehead atoms. The number of ether oxygens (including phenoxy) is 1. The lowest BCUT2D eigenvalue weighted by atomic mass is 10.2. The maximum Gasteiger partial charge on any atom is 0.167 e. The summed E-state index contributed by atoms with van der Waals surface area (Å²) in [6.07, 6.45) is 0. The molecule has 0 aromatic heterocycles. The topological polar surface area (TPSA) is 33.3 Å². The van der Waals surface area contributed by atoms with Crippen LogP contribution >= 0.6 is 0 Å². The Hall–Kier alpha value is -1.36. The standard InChI is InChI=1S/C10H14F2N2O/c1-13-3-4-14-9-5-8(12)10(15-2)6-7(9)11/h5-6,13-14H,3-4H2,1-2H3. The van der Waals surface area contributed by atoms with Crippen molar-refractivity contribution >= 4 is 5.69 Å². The minimum atomic E-state index is -0.578. The van der Waals surface area contributed by atoms with E-state index in [1.165, 1.54) is 7.11 Å². The molecular weight excluding hydrogens is 202 g/mol. The lowest BCUT2D eigenvalue weighted by Gasteiger charge is -2.09. The summed E-state index contributed by atoms with van der Waals surface area (Å²) >= 11 is 0. The van der Waals surface area contributed by atoms with Gasteiger partial charge >= 0.3 is 0 Å². The van der Waals surface area contributed by atoms with Crippen molar-refractivity contribution in [1.82, 2.24) is 5.32 Å². The largest absolute Gasteiger partial charge is 0.494 e. The Morgan fingerprint density at radius 1 is 1.20 bits per heavy atom. The van der Waals surface area contributed by atoms with Gasteiger partial charge in [0.1, 0.15) is 5.82 Å². The lowest BCUT2D eigenvalue weighted by molar-refractivity contribution is 0.383. The fourth-order valence-corrected chi connectivity index (χ4v) is 1.14. The second-order valence-corrected chi connectivity index (χ2v) is 3.00. The molecule has 0 atom stereocenters. The van der Waals surface area contributed by atoms with Crippen molar-refractivity contribution in [3.05, 3.63) is 23.8 Å². The first kappa shape index (κ1) is 11.7. The zero-order valence-electron chi connectivity index (χ0n) is 8.73. The molecule has 0 radical (unpaired) electrons. The number of rotatable bonds is 5. The number of benzene rings is 1. The van der Waals surface area contributed by atoms with E-state index >= 15 is 0 Å². The average Bonchev–Trinajstić information content (AvgIpc) is 2.23. The third kappa shape index (κ3) is 3.06. The molecule has 0 saturated heterocycles. The van der Waals surface area contributed by atoms with Crippen LogP contribution in [0.2, 0.25) is 0 Å². The van der Waals surface area contributed by atoms with Crippen molar-refractivity contribution in [1.29, 1.82) is 0 Å². The minimum Gasteiger partial charge on any atom is -0.494 e. The maximum atomic E-state index is 13.3. The van der Waals surface area contributed by atoms with Gasteiger partial charge in [-0.15, -0.1) is 0 Å². The van der Waals surface area contributed by atoms with Gasteiger partial charge in [0.05, 0.1) is 12.8 Å². The highest BCUT2D eigenvalue weighted by molar-refractivity contribution is 5.48. The molecule has 0 spiro atoms. The highest BCUT2D eigenvalue weighted by atomic mass is 19.1. The number of hydrogen-bond donors (Lipinski definition) is 2. The first-order valence-corrected chi connectivity index (χ1v) is 4.60. The molecule has 1 aromatic carbocycles. The molecule has 0 aliphatic carbocycles. The van der Waals surface area contributed by atoms with Crippen LogP contribution in [0.4, 0.5) is 14.5 Å². The number of hydrogen-bond acceptors (Lipinski definition) is 3. The molecule has 0 aliphatic heterocycles. The first-order chi connectivity index (χ1) is 7.19. The summed E-state index contributed by atoms with van der Waals surface area (Å²) in [6, 6.07) is 2.11. The normalized spacial score (nSPS) is 10.1. The molecule has 3 nitrogen and oxygen atoms in total. The molecule has 0 unspecified atom stereocenters. The smallest absolute Gasteiger partial charge is 0.167 e. The Labute approximate surface area is 87.4 Å². The van der Waals surface area contributed by atoms with E-state index in [2.05, 4.69) is 15.4 Å². The van der Waals surface area contributed by atoms with Crippen molar-refractivity contribution in [3.8, 4) is 5.75 Å². The van der Waals surface area contributed by atoms with Gasteiger partial charge in [-0.2, -0.15) is 0 Å². The summed E-state index contributed by atoms with van der Waals surface area (Å²) in [5.74, 6) is -1.19. The van der Waals surface area contributed by atoms with E-state index in [4.69, 9.17) is 0 Å². The van der Waals surface area contributed by atoms with Crippen LogP contribution in [0.3, 0.4) is 0 Å². The summed E-state index contributed by atoms with van der Waals surface area (Å²) in [4.78, 5) is 0. The van der Waals surface area contributed by atoms with Crippen LogP contribution in [0.5, 0.6) is 5.75 Å². The van der Waals surface area contributed by atoms with Gasteiger partial charge in [0.25, 0.3) is 0 Å². The summed E-state index contributed by atoms with van der Waals surface area (Å²) in [6.45, 7) is 1.20. The van der Waals surface area contributed by atoms with Crippen LogP contribution in [0.1, 0.15) is 0 Å². The number of anilines is 1. The van der Waals surface area contributed by atoms with Crippen molar-refractivity contribution in [3.63, 3.8) is 0 Å². The van der Waals surface area contributed by atoms with E-state index in [9.17, 15) is 8.78 Å². The Morgan fingerprint density at radius 3 is 2.53 bits per heavy atom. The lowest BCUT2D eigenvalue weighted by Crippen LogP contribution is -2.18. The van der Waals surface area contributed by atoms with Crippen molar-refractivity contribution in [2.24, 2.45) is 0 Å². The van der Waals surface area contributed by atoms with Gasteiger partial charge in [-0.05, 0) is 7.05 Å². The maximum absolute atomic E-state index is 13.3. The average molecular weight is 216 g/mol. The van der Waals surface area contributed by atoms with Crippen molar-refractivity contribution in [2.75, 3.05) is 32.6 Å². The van der Waals surface area contributed by atoms with Crippen molar-refractivity contribution in [2.45, 2.75) is 0 Å². The van der Waals surface area contributed by atoms with Gasteiger partial charge in [0.2, 0.25) is 0 Å². The zero-order chi connectivity index (χ0) is 11.3. The third-order valence-corrected chi connectivity index (χ3v) is 1.93. The molecule has 15 heavy (non-hydrogen) atoms. The molecule has 0 aliphatic rings. The number of methoxy groups -OCH3 is 1. The van der Waals surface area contributed by atoms with E-state index in [0.717, 1.165) is 12.1 Å². The van der Waals surface area contributed by atoms with E-state index in [0.29, 0.717) is 13.1 Å². The molecule has 1 aromatic rings. The minimum absolute atomic E-state index is 0.0910. The van der Waals surface area contributed by atoms with Crippen LogP contribution in [0.25, 0.3) is 0 Å². The summed E-state index contributed by atoms with van der Waals surface area (Å²) in [7, 11) is 3.08. The van der Waals surface area contributed by atoms with Gasteiger partial charge in [0.15, 0.2) is 11.6 Å². The first-order valence-electron chi connectivity index (χ1n) is 4.60. The van der Waals surface area contributed by atoms with Crippen molar-refractivity contribution < 1.29 is 13.5 Å². The Morgan fingerprint density at radius 2 is 1.93 bits per heavy atom. The molecule has 0 fully saturated rings. The van der Waals surface area contributed by atoms with E-state index in [1.54, 1.807) is 7.05 Å². The Balaban J connectivity index is 2.76. The predicted molar refractivity (Wildman–Crippen MR) is 55.3 cm³/mol. The zero-order valence-corrected chi connectivity index (χ0v) is 8.73. The van der Waals surface area contributed by atoms with Crippen LogP contribution in [-0.4, -0.2) is 27.2 Å². The molecule has 84 valence electrons. The fraction of sp³-hybridized carbons (Fsp3) is 0.400. The van der Waals surface area contributed by atoms with Gasteiger partial charge in [-0.1, -0.05) is 0 Å². The third-order valence-electron chi connectivity index (χ3n) is 1.93. The van der Waals surface area contributed by atoms with Crippen LogP contribution in [0, 0.1) is 11.6 Å². The monoisotopic (exact) mass is 216 g/mol. The highest BCUT2D eigenvalue weighted by Gasteiger charge is 2.09. The number of nitrogens with one attached hydrogen (secondary N) is 2. The highest BCUT2D eigenvalue weighted by Crippen LogP contribution is 2.24. The molecule has 0 saturated carbocycles. The summed E-state index contributed by atoms with van der Waals surface area (Å²) < 4.78 is 31.2. The molecule has 0 amide bonds. The molecule has 1 rings (SSSR count). The van der Waals surface area contributed by atoms with Crippen LogP contribution in [-0.2, 0) is 0 Å². The quantitative estimate of drug-likeness (QED) is 0.733. The van der Waals surface area contributed by atoms with E-state index in [1.807, 2.05) is 0 Å². The Bertz CT molecular complexity index is 331. The summed E-state index contributed by atoms with van der Waals surface area (Å²) in [5, 5.41) is 5.66. The number of halogens is 2. The Kier molecular flexibility index (Phi) is 4.30. The fourth-order valence-electron chi connectivity index (χ4n) is 1.14. The van der Waals surface area contributed by atoms with Gasteiger partial charge in [-0.3, -0.25) is 0 Å². The number of likely N-dealkylation sites (N-methyl/N-ethyl adjacent to an activating group) is 1. The van der Waals surface area contributed by atoms with Gasteiger partial charge < -0.3 is 15.4 Å². The van der Waals surface area contributed by atoms with Crippen LogP contribution < -0.4 is 15.4 Å². The molecule has 2 N–H and O–H groups in total. The second kappa shape index (κ2) is 5.50. The molecular formula is C10H14F2N2O. The second-order valence-electron chi connectivity index (χ2n) is 3.00. The van der Waals surface area contributed by atoms with Crippen LogP contribution in [0.15, 0.2) is 12.1 Å². The molecule has 0 heterocycles. The SMILES string of the molecule is CNCCNc1cc(F)c(OC)cc1F. The van der Waals surface area contributed by atoms with E-state index < -0.39 is 11.6 Å². The van der Waals surface area contributed by atoms with Gasteiger partial charge in [0, 0.05) is 25.2 Å².